The fraction of sp³-hybridized carbons (Fsp3) is 0.733. The molecular formula is C15H21ClN4O. The van der Waals surface area contributed by atoms with Crippen LogP contribution in [0.15, 0.2) is 0 Å². The molecule has 0 N–H and O–H groups in total. The Balaban J connectivity index is 1.62. The third-order valence-electron chi connectivity index (χ3n) is 4.65. The van der Waals surface area contributed by atoms with Crippen LogP contribution < -0.4 is 4.90 Å². The lowest BCUT2D eigenvalue weighted by Gasteiger charge is -2.35. The Kier molecular flexibility index (Phi) is 3.52. The number of fused-ring (bicyclic) bond motifs is 1. The molecule has 2 fully saturated rings. The van der Waals surface area contributed by atoms with E-state index < -0.39 is 0 Å². The molecule has 1 aromatic heterocycles. The van der Waals surface area contributed by atoms with Gasteiger partial charge in [-0.2, -0.15) is 0 Å². The maximum Gasteiger partial charge on any atom is 0.224 e. The van der Waals surface area contributed by atoms with E-state index in [4.69, 9.17) is 16.3 Å². The molecule has 0 spiro atoms. The number of rotatable bonds is 3. The second-order valence-electron chi connectivity index (χ2n) is 6.47. The van der Waals surface area contributed by atoms with Crippen molar-refractivity contribution in [2.24, 2.45) is 5.92 Å². The second kappa shape index (κ2) is 5.38. The topological polar surface area (TPSA) is 41.5 Å². The SMILES string of the molecule is C[C@H]1COCCN1c1nc(Cl)nc2c1CN(CC1CC1)C2. The zero-order chi connectivity index (χ0) is 14.4. The highest BCUT2D eigenvalue weighted by Gasteiger charge is 2.33. The van der Waals surface area contributed by atoms with Gasteiger partial charge < -0.3 is 9.64 Å². The van der Waals surface area contributed by atoms with Gasteiger partial charge in [-0.1, -0.05) is 0 Å². The fourth-order valence-electron chi connectivity index (χ4n) is 3.35. The Labute approximate surface area is 130 Å². The predicted molar refractivity (Wildman–Crippen MR) is 81.5 cm³/mol. The lowest BCUT2D eigenvalue weighted by molar-refractivity contribution is 0.0984. The van der Waals surface area contributed by atoms with Crippen molar-refractivity contribution in [1.29, 1.82) is 0 Å². The van der Waals surface area contributed by atoms with Gasteiger partial charge >= 0.3 is 0 Å². The molecule has 0 aromatic carbocycles. The highest BCUT2D eigenvalue weighted by Crippen LogP contribution is 2.36. The van der Waals surface area contributed by atoms with Crippen molar-refractivity contribution in [2.75, 3.05) is 31.2 Å². The summed E-state index contributed by atoms with van der Waals surface area (Å²) < 4.78 is 5.54. The first-order chi connectivity index (χ1) is 10.2. The van der Waals surface area contributed by atoms with Crippen LogP contribution in [0.25, 0.3) is 0 Å². The molecular weight excluding hydrogens is 288 g/mol. The Morgan fingerprint density at radius 1 is 1.29 bits per heavy atom. The van der Waals surface area contributed by atoms with Crippen molar-refractivity contribution in [3.63, 3.8) is 0 Å². The summed E-state index contributed by atoms with van der Waals surface area (Å²) in [7, 11) is 0. The summed E-state index contributed by atoms with van der Waals surface area (Å²) in [6, 6.07) is 0.339. The quantitative estimate of drug-likeness (QED) is 0.800. The monoisotopic (exact) mass is 308 g/mol. The molecule has 5 nitrogen and oxygen atoms in total. The van der Waals surface area contributed by atoms with E-state index in [9.17, 15) is 0 Å². The van der Waals surface area contributed by atoms with Crippen LogP contribution >= 0.6 is 11.6 Å². The highest BCUT2D eigenvalue weighted by molar-refractivity contribution is 6.28. The van der Waals surface area contributed by atoms with Crippen LogP contribution in [0, 0.1) is 5.92 Å². The van der Waals surface area contributed by atoms with Gasteiger partial charge in [0.05, 0.1) is 24.9 Å². The standard InChI is InChI=1S/C15H21ClN4O/c1-10-9-21-5-4-20(10)14-12-7-19(6-11-2-3-11)8-13(12)17-15(16)18-14/h10-11H,2-9H2,1H3/t10-/m0/s1. The molecule has 1 saturated carbocycles. The minimum atomic E-state index is 0.339. The molecule has 1 aromatic rings. The molecule has 1 saturated heterocycles. The summed E-state index contributed by atoms with van der Waals surface area (Å²) in [6.07, 6.45) is 2.76. The fourth-order valence-corrected chi connectivity index (χ4v) is 3.53. The maximum atomic E-state index is 6.16. The number of hydrogen-bond acceptors (Lipinski definition) is 5. The zero-order valence-corrected chi connectivity index (χ0v) is 13.1. The number of nitrogens with zero attached hydrogens (tertiary/aromatic N) is 4. The van der Waals surface area contributed by atoms with Gasteiger partial charge in [-0.25, -0.2) is 9.97 Å². The molecule has 0 unspecified atom stereocenters. The van der Waals surface area contributed by atoms with Crippen molar-refractivity contribution in [2.45, 2.75) is 38.9 Å². The Morgan fingerprint density at radius 3 is 2.90 bits per heavy atom. The van der Waals surface area contributed by atoms with Crippen LogP contribution in [0.5, 0.6) is 0 Å². The first kappa shape index (κ1) is 13.7. The molecule has 0 bridgehead atoms. The maximum absolute atomic E-state index is 6.16. The highest BCUT2D eigenvalue weighted by atomic mass is 35.5. The van der Waals surface area contributed by atoms with Crippen LogP contribution in [0.4, 0.5) is 5.82 Å². The molecule has 114 valence electrons. The van der Waals surface area contributed by atoms with Crippen LogP contribution in [0.2, 0.25) is 5.28 Å². The van der Waals surface area contributed by atoms with Crippen LogP contribution in [0.3, 0.4) is 0 Å². The van der Waals surface area contributed by atoms with E-state index in [1.165, 1.54) is 24.9 Å². The van der Waals surface area contributed by atoms with Crippen LogP contribution in [0.1, 0.15) is 31.0 Å². The Hall–Kier alpha value is -0.910. The second-order valence-corrected chi connectivity index (χ2v) is 6.81. The number of halogens is 1. The van der Waals surface area contributed by atoms with Crippen molar-refractivity contribution in [3.8, 4) is 0 Å². The van der Waals surface area contributed by atoms with E-state index in [-0.39, 0.29) is 0 Å². The normalized spacial score (nSPS) is 26.2. The summed E-state index contributed by atoms with van der Waals surface area (Å²) in [5.74, 6) is 1.92. The molecule has 0 amide bonds. The Morgan fingerprint density at radius 2 is 2.14 bits per heavy atom. The number of ether oxygens (including phenoxy) is 1. The minimum absolute atomic E-state index is 0.339. The first-order valence-corrected chi connectivity index (χ1v) is 8.20. The van der Waals surface area contributed by atoms with Gasteiger partial charge in [0.1, 0.15) is 5.82 Å². The largest absolute Gasteiger partial charge is 0.377 e. The van der Waals surface area contributed by atoms with Gasteiger partial charge in [-0.3, -0.25) is 4.90 Å². The van der Waals surface area contributed by atoms with Crippen molar-refractivity contribution in [1.82, 2.24) is 14.9 Å². The number of aromatic nitrogens is 2. The van der Waals surface area contributed by atoms with Crippen molar-refractivity contribution >= 4 is 17.4 Å². The summed E-state index contributed by atoms with van der Waals surface area (Å²) in [4.78, 5) is 13.8. The average Bonchev–Trinajstić information content (AvgIpc) is 3.17. The number of morpholine rings is 1. The van der Waals surface area contributed by atoms with Gasteiger partial charge in [0.2, 0.25) is 5.28 Å². The molecule has 3 aliphatic rings. The smallest absolute Gasteiger partial charge is 0.224 e. The van der Waals surface area contributed by atoms with E-state index in [2.05, 4.69) is 26.7 Å². The summed E-state index contributed by atoms with van der Waals surface area (Å²) >= 11 is 6.16. The van der Waals surface area contributed by atoms with Crippen molar-refractivity contribution in [3.05, 3.63) is 16.5 Å². The van der Waals surface area contributed by atoms with Gasteiger partial charge in [0.25, 0.3) is 0 Å². The lowest BCUT2D eigenvalue weighted by Crippen LogP contribution is -2.44. The summed E-state index contributed by atoms with van der Waals surface area (Å²) in [5, 5.41) is 0.371. The third-order valence-corrected chi connectivity index (χ3v) is 4.82. The Bertz CT molecular complexity index is 549. The number of hydrogen-bond donors (Lipinski definition) is 0. The van der Waals surface area contributed by atoms with Gasteiger partial charge in [0, 0.05) is 31.7 Å². The summed E-state index contributed by atoms with van der Waals surface area (Å²) in [5.41, 5.74) is 2.39. The predicted octanol–water partition coefficient (Wildman–Crippen LogP) is 2.08. The summed E-state index contributed by atoms with van der Waals surface area (Å²) in [6.45, 7) is 7.63. The molecule has 0 radical (unpaired) electrons. The molecule has 6 heteroatoms. The molecule has 1 atom stereocenters. The van der Waals surface area contributed by atoms with Gasteiger partial charge in [0.15, 0.2) is 0 Å². The lowest BCUT2D eigenvalue weighted by atomic mass is 10.2. The van der Waals surface area contributed by atoms with Crippen LogP contribution in [-0.4, -0.2) is 47.2 Å². The van der Waals surface area contributed by atoms with Gasteiger partial charge in [-0.15, -0.1) is 0 Å². The number of anilines is 1. The first-order valence-electron chi connectivity index (χ1n) is 7.82. The van der Waals surface area contributed by atoms with Gasteiger partial charge in [-0.05, 0) is 37.3 Å². The van der Waals surface area contributed by atoms with E-state index in [0.29, 0.717) is 11.3 Å². The van der Waals surface area contributed by atoms with E-state index in [0.717, 1.165) is 50.3 Å². The van der Waals surface area contributed by atoms with E-state index in [1.54, 1.807) is 0 Å². The molecule has 1 aliphatic carbocycles. The van der Waals surface area contributed by atoms with E-state index >= 15 is 0 Å². The molecule has 3 heterocycles. The minimum Gasteiger partial charge on any atom is -0.377 e. The van der Waals surface area contributed by atoms with Crippen LogP contribution in [-0.2, 0) is 17.8 Å². The average molecular weight is 309 g/mol. The molecule has 4 rings (SSSR count). The third kappa shape index (κ3) is 2.74. The van der Waals surface area contributed by atoms with Crippen molar-refractivity contribution < 1.29 is 4.74 Å². The zero-order valence-electron chi connectivity index (χ0n) is 12.4. The van der Waals surface area contributed by atoms with E-state index in [1.807, 2.05) is 0 Å². The molecule has 21 heavy (non-hydrogen) atoms. The molecule has 2 aliphatic heterocycles.